The minimum absolute atomic E-state index is 0.0538. The summed E-state index contributed by atoms with van der Waals surface area (Å²) in [7, 11) is 3.47. The number of fused-ring (bicyclic) bond motifs is 2. The highest BCUT2D eigenvalue weighted by Gasteiger charge is 2.22. The summed E-state index contributed by atoms with van der Waals surface area (Å²) in [6, 6.07) is 5.69. The Morgan fingerprint density at radius 2 is 1.97 bits per heavy atom. The van der Waals surface area contributed by atoms with Gasteiger partial charge < -0.3 is 15.0 Å². The van der Waals surface area contributed by atoms with Gasteiger partial charge in [0, 0.05) is 38.6 Å². The highest BCUT2D eigenvalue weighted by molar-refractivity contribution is 5.74. The monoisotopic (exact) mass is 448 g/mol. The van der Waals surface area contributed by atoms with E-state index in [9.17, 15) is 9.59 Å². The molecular weight excluding hydrogens is 420 g/mol. The third-order valence-corrected chi connectivity index (χ3v) is 5.60. The Morgan fingerprint density at radius 1 is 1.21 bits per heavy atom. The molecule has 4 aromatic heterocycles. The zero-order chi connectivity index (χ0) is 23.9. The second-order valence-corrected chi connectivity index (χ2v) is 8.32. The average molecular weight is 449 g/mol. The van der Waals surface area contributed by atoms with E-state index < -0.39 is 11.2 Å². The van der Waals surface area contributed by atoms with E-state index in [1.165, 1.54) is 9.13 Å². The van der Waals surface area contributed by atoms with E-state index in [0.717, 1.165) is 11.3 Å². The van der Waals surface area contributed by atoms with Crippen LogP contribution in [-0.2, 0) is 20.1 Å². The molecule has 0 aliphatic carbocycles. The van der Waals surface area contributed by atoms with Gasteiger partial charge in [0.15, 0.2) is 11.2 Å². The molecule has 172 valence electrons. The molecule has 0 spiro atoms. The SMILES string of the molecule is CC#CCn1c(N(C)CC(C)N)nc2c1c(=O)n(Cc1cn3c(C)cccc3n1)c(=O)n2C. The number of hydrogen-bond acceptors (Lipinski definition) is 6. The van der Waals surface area contributed by atoms with Gasteiger partial charge in [-0.15, -0.1) is 5.92 Å². The smallest absolute Gasteiger partial charge is 0.332 e. The van der Waals surface area contributed by atoms with Crippen molar-refractivity contribution in [3.63, 3.8) is 0 Å². The summed E-state index contributed by atoms with van der Waals surface area (Å²) in [5.74, 6) is 6.42. The quantitative estimate of drug-likeness (QED) is 0.435. The molecule has 1 atom stereocenters. The molecule has 0 aliphatic rings. The lowest BCUT2D eigenvalue weighted by Crippen LogP contribution is -2.40. The third-order valence-electron chi connectivity index (χ3n) is 5.60. The molecule has 0 aromatic carbocycles. The Hall–Kier alpha value is -3.84. The van der Waals surface area contributed by atoms with E-state index in [1.807, 2.05) is 54.6 Å². The van der Waals surface area contributed by atoms with Gasteiger partial charge in [-0.05, 0) is 32.9 Å². The summed E-state index contributed by atoms with van der Waals surface area (Å²) in [5.41, 5.74) is 8.14. The molecule has 4 aromatic rings. The van der Waals surface area contributed by atoms with Crippen LogP contribution in [0.5, 0.6) is 0 Å². The molecule has 33 heavy (non-hydrogen) atoms. The van der Waals surface area contributed by atoms with E-state index in [-0.39, 0.29) is 19.1 Å². The van der Waals surface area contributed by atoms with Crippen LogP contribution in [0.2, 0.25) is 0 Å². The number of likely N-dealkylation sites (N-methyl/N-ethyl adjacent to an activating group) is 1. The molecule has 0 fully saturated rings. The van der Waals surface area contributed by atoms with Crippen molar-refractivity contribution in [3.05, 3.63) is 56.6 Å². The number of aromatic nitrogens is 6. The van der Waals surface area contributed by atoms with Crippen LogP contribution in [-0.4, -0.2) is 47.7 Å². The van der Waals surface area contributed by atoms with E-state index >= 15 is 0 Å². The van der Waals surface area contributed by atoms with Crippen LogP contribution in [0.25, 0.3) is 16.8 Å². The van der Waals surface area contributed by atoms with Crippen LogP contribution in [0.1, 0.15) is 25.2 Å². The Morgan fingerprint density at radius 3 is 2.64 bits per heavy atom. The molecule has 10 nitrogen and oxygen atoms in total. The summed E-state index contributed by atoms with van der Waals surface area (Å²) in [6.07, 6.45) is 1.85. The predicted molar refractivity (Wildman–Crippen MR) is 129 cm³/mol. The zero-order valence-corrected chi connectivity index (χ0v) is 19.5. The molecule has 0 aliphatic heterocycles. The van der Waals surface area contributed by atoms with E-state index in [1.54, 1.807) is 18.5 Å². The lowest BCUT2D eigenvalue weighted by Gasteiger charge is -2.20. The second kappa shape index (κ2) is 8.60. The van der Waals surface area contributed by atoms with Crippen molar-refractivity contribution < 1.29 is 0 Å². The molecule has 1 unspecified atom stereocenters. The number of rotatable bonds is 6. The first kappa shape index (κ1) is 22.4. The van der Waals surface area contributed by atoms with Gasteiger partial charge in [0.1, 0.15) is 5.65 Å². The summed E-state index contributed by atoms with van der Waals surface area (Å²) in [6.45, 7) is 6.47. The van der Waals surface area contributed by atoms with Crippen molar-refractivity contribution >= 4 is 22.8 Å². The molecule has 10 heteroatoms. The predicted octanol–water partition coefficient (Wildman–Crippen LogP) is 0.708. The van der Waals surface area contributed by atoms with E-state index in [0.29, 0.717) is 29.4 Å². The van der Waals surface area contributed by atoms with Gasteiger partial charge in [0.05, 0.1) is 18.8 Å². The van der Waals surface area contributed by atoms with Gasteiger partial charge in [0.2, 0.25) is 5.95 Å². The van der Waals surface area contributed by atoms with Crippen molar-refractivity contribution in [3.8, 4) is 11.8 Å². The summed E-state index contributed by atoms with van der Waals surface area (Å²) >= 11 is 0. The minimum Gasteiger partial charge on any atom is -0.344 e. The normalized spacial score (nSPS) is 12.2. The lowest BCUT2D eigenvalue weighted by atomic mass is 10.3. The first-order valence-electron chi connectivity index (χ1n) is 10.7. The summed E-state index contributed by atoms with van der Waals surface area (Å²) < 4.78 is 6.29. The maximum atomic E-state index is 13.6. The molecule has 4 heterocycles. The van der Waals surface area contributed by atoms with Gasteiger partial charge in [0.25, 0.3) is 5.56 Å². The van der Waals surface area contributed by atoms with Crippen molar-refractivity contribution in [2.75, 3.05) is 18.5 Å². The average Bonchev–Trinajstić information content (AvgIpc) is 3.35. The molecule has 0 saturated carbocycles. The standard InChI is InChI=1S/C23H28N8O2/c1-6-7-11-29-19-20(26-22(29)27(4)12-15(2)24)28(5)23(33)31(21(19)32)14-17-13-30-16(3)9-8-10-18(30)25-17/h8-10,13,15H,11-12,14,24H2,1-5H3. The second-order valence-electron chi connectivity index (χ2n) is 8.32. The molecule has 0 bridgehead atoms. The fraction of sp³-hybridized carbons (Fsp3) is 0.391. The molecule has 0 amide bonds. The van der Waals surface area contributed by atoms with Gasteiger partial charge in [-0.2, -0.15) is 4.98 Å². The number of nitrogens with two attached hydrogens (primary N) is 1. The van der Waals surface area contributed by atoms with E-state index in [2.05, 4.69) is 21.8 Å². The van der Waals surface area contributed by atoms with Crippen LogP contribution in [0.15, 0.2) is 34.0 Å². The number of aryl methyl sites for hydroxylation is 2. The van der Waals surface area contributed by atoms with Crippen LogP contribution in [0.3, 0.4) is 0 Å². The molecular formula is C23H28N8O2. The Labute approximate surface area is 190 Å². The fourth-order valence-electron chi connectivity index (χ4n) is 4.05. The molecule has 0 radical (unpaired) electrons. The van der Waals surface area contributed by atoms with Gasteiger partial charge in [-0.1, -0.05) is 12.0 Å². The van der Waals surface area contributed by atoms with Crippen molar-refractivity contribution in [1.29, 1.82) is 0 Å². The Bertz CT molecular complexity index is 1520. The van der Waals surface area contributed by atoms with Crippen LogP contribution in [0.4, 0.5) is 5.95 Å². The van der Waals surface area contributed by atoms with Crippen LogP contribution >= 0.6 is 0 Å². The Kier molecular flexibility index (Phi) is 5.82. The summed E-state index contributed by atoms with van der Waals surface area (Å²) in [4.78, 5) is 37.8. The highest BCUT2D eigenvalue weighted by atomic mass is 16.2. The largest absolute Gasteiger partial charge is 0.344 e. The maximum absolute atomic E-state index is 13.6. The van der Waals surface area contributed by atoms with Gasteiger partial charge >= 0.3 is 5.69 Å². The van der Waals surface area contributed by atoms with Gasteiger partial charge in [-0.3, -0.25) is 18.5 Å². The van der Waals surface area contributed by atoms with E-state index in [4.69, 9.17) is 5.73 Å². The Balaban J connectivity index is 1.92. The number of hydrogen-bond donors (Lipinski definition) is 1. The topological polar surface area (TPSA) is 108 Å². The molecule has 4 rings (SSSR count). The van der Waals surface area contributed by atoms with Crippen LogP contribution in [0, 0.1) is 18.8 Å². The first-order valence-corrected chi connectivity index (χ1v) is 10.7. The fourth-order valence-corrected chi connectivity index (χ4v) is 4.05. The zero-order valence-electron chi connectivity index (χ0n) is 19.5. The number of imidazole rings is 2. The molecule has 0 saturated heterocycles. The van der Waals surface area contributed by atoms with Crippen molar-refractivity contribution in [1.82, 2.24) is 28.1 Å². The highest BCUT2D eigenvalue weighted by Crippen LogP contribution is 2.19. The lowest BCUT2D eigenvalue weighted by molar-refractivity contribution is 0.646. The van der Waals surface area contributed by atoms with Crippen molar-refractivity contribution in [2.45, 2.75) is 39.9 Å². The number of anilines is 1. The number of nitrogens with zero attached hydrogens (tertiary/aromatic N) is 7. The first-order chi connectivity index (χ1) is 15.7. The maximum Gasteiger partial charge on any atom is 0.332 e. The van der Waals surface area contributed by atoms with Crippen molar-refractivity contribution in [2.24, 2.45) is 12.8 Å². The summed E-state index contributed by atoms with van der Waals surface area (Å²) in [5, 5.41) is 0. The third kappa shape index (κ3) is 3.91. The van der Waals surface area contributed by atoms with Gasteiger partial charge in [-0.25, -0.2) is 9.78 Å². The number of pyridine rings is 1. The molecule has 2 N–H and O–H groups in total. The van der Waals surface area contributed by atoms with Crippen LogP contribution < -0.4 is 21.9 Å². The minimum atomic E-state index is -0.450.